The number of nitrogens with two attached hydrogens (primary N) is 1. The van der Waals surface area contributed by atoms with Crippen LogP contribution >= 0.6 is 0 Å². The van der Waals surface area contributed by atoms with Crippen molar-refractivity contribution in [3.05, 3.63) is 33.9 Å². The third-order valence-corrected chi connectivity index (χ3v) is 3.59. The molecule has 1 fully saturated rings. The first-order valence-electron chi connectivity index (χ1n) is 6.17. The molecular weight excluding hydrogens is 246 g/mol. The summed E-state index contributed by atoms with van der Waals surface area (Å²) in [5.41, 5.74) is 6.26. The van der Waals surface area contributed by atoms with Gasteiger partial charge < -0.3 is 11.1 Å². The summed E-state index contributed by atoms with van der Waals surface area (Å²) in [7, 11) is 0. The van der Waals surface area contributed by atoms with Gasteiger partial charge in [-0.2, -0.15) is 0 Å². The molecule has 6 nitrogen and oxygen atoms in total. The van der Waals surface area contributed by atoms with Crippen molar-refractivity contribution in [2.45, 2.75) is 32.2 Å². The minimum atomic E-state index is -0.920. The maximum Gasteiger partial charge on any atom is 0.271 e. The third kappa shape index (κ3) is 2.73. The Kier molecular flexibility index (Phi) is 3.28. The smallest absolute Gasteiger partial charge is 0.271 e. The lowest BCUT2D eigenvalue weighted by Crippen LogP contribution is -2.50. The van der Waals surface area contributed by atoms with E-state index in [-0.39, 0.29) is 17.5 Å². The number of hydrogen-bond acceptors (Lipinski definition) is 4. The predicted molar refractivity (Wildman–Crippen MR) is 71.8 cm³/mol. The second-order valence-electron chi connectivity index (χ2n) is 5.27. The Morgan fingerprint density at radius 3 is 2.68 bits per heavy atom. The Hall–Kier alpha value is -1.95. The van der Waals surface area contributed by atoms with Crippen LogP contribution in [0, 0.1) is 23.0 Å². The summed E-state index contributed by atoms with van der Waals surface area (Å²) in [6.45, 7) is 3.48. The van der Waals surface area contributed by atoms with Crippen molar-refractivity contribution in [1.82, 2.24) is 0 Å². The molecule has 0 spiro atoms. The Morgan fingerprint density at radius 2 is 2.16 bits per heavy atom. The van der Waals surface area contributed by atoms with Crippen LogP contribution in [0.4, 0.5) is 11.4 Å². The molecular formula is C13H17N3O3. The van der Waals surface area contributed by atoms with Crippen LogP contribution < -0.4 is 11.1 Å². The molecule has 3 N–H and O–H groups in total. The number of nitro benzene ring substituents is 1. The molecule has 19 heavy (non-hydrogen) atoms. The lowest BCUT2D eigenvalue weighted by molar-refractivity contribution is -0.384. The number of nitro groups is 1. The van der Waals surface area contributed by atoms with E-state index in [1.807, 2.05) is 0 Å². The highest BCUT2D eigenvalue weighted by Gasteiger charge is 2.44. The topological polar surface area (TPSA) is 98.3 Å². The first kappa shape index (κ1) is 13.5. The molecule has 0 aromatic heterocycles. The van der Waals surface area contributed by atoms with Gasteiger partial charge >= 0.3 is 0 Å². The van der Waals surface area contributed by atoms with Gasteiger partial charge in [-0.05, 0) is 38.2 Å². The van der Waals surface area contributed by atoms with Crippen molar-refractivity contribution in [1.29, 1.82) is 0 Å². The van der Waals surface area contributed by atoms with Crippen LogP contribution in [0.15, 0.2) is 18.2 Å². The number of anilines is 1. The Bertz CT molecular complexity index is 536. The van der Waals surface area contributed by atoms with Gasteiger partial charge in [0.05, 0.1) is 16.1 Å². The molecule has 1 atom stereocenters. The van der Waals surface area contributed by atoms with Crippen LogP contribution in [0.3, 0.4) is 0 Å². The van der Waals surface area contributed by atoms with E-state index in [0.29, 0.717) is 5.69 Å². The van der Waals surface area contributed by atoms with E-state index < -0.39 is 10.5 Å². The van der Waals surface area contributed by atoms with Crippen molar-refractivity contribution < 1.29 is 9.72 Å². The van der Waals surface area contributed by atoms with Crippen molar-refractivity contribution in [2.75, 3.05) is 5.32 Å². The zero-order chi connectivity index (χ0) is 14.2. The highest BCUT2D eigenvalue weighted by atomic mass is 16.6. The van der Waals surface area contributed by atoms with E-state index in [2.05, 4.69) is 5.32 Å². The van der Waals surface area contributed by atoms with Gasteiger partial charge in [0, 0.05) is 12.1 Å². The minimum absolute atomic E-state index is 0.0500. The number of non-ortho nitro benzene ring substituents is 1. The molecule has 1 aliphatic carbocycles. The lowest BCUT2D eigenvalue weighted by Gasteiger charge is -2.23. The largest absolute Gasteiger partial charge is 0.324 e. The normalized spacial score (nSPS) is 17.6. The van der Waals surface area contributed by atoms with Gasteiger partial charge in [-0.25, -0.2) is 0 Å². The first-order valence-corrected chi connectivity index (χ1v) is 6.17. The van der Waals surface area contributed by atoms with Crippen molar-refractivity contribution in [2.24, 2.45) is 11.7 Å². The first-order chi connectivity index (χ1) is 8.82. The Labute approximate surface area is 111 Å². The summed E-state index contributed by atoms with van der Waals surface area (Å²) in [4.78, 5) is 22.4. The van der Waals surface area contributed by atoms with Gasteiger partial charge in [-0.3, -0.25) is 14.9 Å². The molecule has 102 valence electrons. The molecule has 0 aliphatic heterocycles. The van der Waals surface area contributed by atoms with E-state index >= 15 is 0 Å². The van der Waals surface area contributed by atoms with Crippen LogP contribution in [0.5, 0.6) is 0 Å². The van der Waals surface area contributed by atoms with E-state index in [1.54, 1.807) is 19.9 Å². The van der Waals surface area contributed by atoms with E-state index in [1.165, 1.54) is 12.1 Å². The second-order valence-corrected chi connectivity index (χ2v) is 5.27. The van der Waals surface area contributed by atoms with E-state index in [4.69, 9.17) is 5.73 Å². The van der Waals surface area contributed by atoms with Crippen LogP contribution in [-0.4, -0.2) is 16.4 Å². The molecule has 0 saturated heterocycles. The van der Waals surface area contributed by atoms with Crippen molar-refractivity contribution in [3.8, 4) is 0 Å². The minimum Gasteiger partial charge on any atom is -0.324 e. The molecule has 0 heterocycles. The second kappa shape index (κ2) is 4.62. The number of nitrogens with zero attached hydrogens (tertiary/aromatic N) is 1. The number of aryl methyl sites for hydroxylation is 1. The molecule has 0 radical (unpaired) electrons. The number of hydrogen-bond donors (Lipinski definition) is 2. The number of benzene rings is 1. The van der Waals surface area contributed by atoms with Gasteiger partial charge in [-0.1, -0.05) is 6.07 Å². The van der Waals surface area contributed by atoms with Crippen LogP contribution in [0.2, 0.25) is 0 Å². The summed E-state index contributed by atoms with van der Waals surface area (Å²) in [6.07, 6.45) is 1.91. The number of amides is 1. The summed E-state index contributed by atoms with van der Waals surface area (Å²) in [6, 6.07) is 4.38. The van der Waals surface area contributed by atoms with Crippen LogP contribution in [-0.2, 0) is 4.79 Å². The van der Waals surface area contributed by atoms with Gasteiger partial charge in [0.1, 0.15) is 0 Å². The molecule has 1 amide bonds. The predicted octanol–water partition coefficient (Wildman–Crippen LogP) is 1.97. The third-order valence-electron chi connectivity index (χ3n) is 3.59. The van der Waals surface area contributed by atoms with Gasteiger partial charge in [0.2, 0.25) is 5.91 Å². The summed E-state index contributed by atoms with van der Waals surface area (Å²) in [5.74, 6) is -0.0925. The Balaban J connectivity index is 2.20. The average Bonchev–Trinajstić information content (AvgIpc) is 3.15. The summed E-state index contributed by atoms with van der Waals surface area (Å²) in [5, 5.41) is 13.4. The number of nitrogens with one attached hydrogen (secondary N) is 1. The number of carbonyl (C=O) groups is 1. The quantitative estimate of drug-likeness (QED) is 0.640. The maximum absolute atomic E-state index is 12.1. The Morgan fingerprint density at radius 1 is 1.53 bits per heavy atom. The van der Waals surface area contributed by atoms with Crippen molar-refractivity contribution in [3.63, 3.8) is 0 Å². The molecule has 6 heteroatoms. The average molecular weight is 263 g/mol. The zero-order valence-corrected chi connectivity index (χ0v) is 11.0. The number of rotatable bonds is 4. The van der Waals surface area contributed by atoms with Gasteiger partial charge in [0.15, 0.2) is 0 Å². The van der Waals surface area contributed by atoms with Gasteiger partial charge in [0.25, 0.3) is 5.69 Å². The van der Waals surface area contributed by atoms with Crippen LogP contribution in [0.25, 0.3) is 0 Å². The number of carbonyl (C=O) groups excluding carboxylic acids is 1. The summed E-state index contributed by atoms with van der Waals surface area (Å²) < 4.78 is 0. The molecule has 1 aromatic carbocycles. The zero-order valence-electron chi connectivity index (χ0n) is 11.0. The maximum atomic E-state index is 12.1. The fraction of sp³-hybridized carbons (Fsp3) is 0.462. The fourth-order valence-corrected chi connectivity index (χ4v) is 1.98. The monoisotopic (exact) mass is 263 g/mol. The van der Waals surface area contributed by atoms with Crippen molar-refractivity contribution >= 4 is 17.3 Å². The van der Waals surface area contributed by atoms with Crippen LogP contribution in [0.1, 0.15) is 25.3 Å². The van der Waals surface area contributed by atoms with Gasteiger partial charge in [-0.15, -0.1) is 0 Å². The lowest BCUT2D eigenvalue weighted by atomic mass is 9.96. The fourth-order valence-electron chi connectivity index (χ4n) is 1.98. The highest BCUT2D eigenvalue weighted by molar-refractivity contribution is 5.98. The van der Waals surface area contributed by atoms with E-state index in [9.17, 15) is 14.9 Å². The molecule has 0 bridgehead atoms. The molecule has 1 aromatic rings. The standard InChI is InChI=1S/C13H17N3O3/c1-8-3-6-10(16(18)19)7-11(8)15-12(17)13(2,14)9-4-5-9/h3,6-7,9H,4-5,14H2,1-2H3,(H,15,17). The highest BCUT2D eigenvalue weighted by Crippen LogP contribution is 2.38. The molecule has 1 saturated carbocycles. The molecule has 1 unspecified atom stereocenters. The molecule has 2 rings (SSSR count). The summed E-state index contributed by atoms with van der Waals surface area (Å²) >= 11 is 0. The molecule has 1 aliphatic rings. The van der Waals surface area contributed by atoms with E-state index in [0.717, 1.165) is 18.4 Å². The SMILES string of the molecule is Cc1ccc([N+](=O)[O-])cc1NC(=O)C(C)(N)C1CC1.